The highest BCUT2D eigenvalue weighted by Gasteiger charge is 2.33. The molecule has 10 heteroatoms. The molecule has 25 heavy (non-hydrogen) atoms. The highest BCUT2D eigenvalue weighted by atomic mass is 32.2. The fourth-order valence-electron chi connectivity index (χ4n) is 2.95. The first-order valence-corrected chi connectivity index (χ1v) is 9.75. The summed E-state index contributed by atoms with van der Waals surface area (Å²) in [6.07, 6.45) is 4.43. The number of aromatic nitrogens is 2. The van der Waals surface area contributed by atoms with E-state index in [2.05, 4.69) is 20.5 Å². The molecule has 1 aliphatic rings. The molecule has 1 aromatic heterocycles. The second-order valence-corrected chi connectivity index (χ2v) is 8.31. The molecule has 0 radical (unpaired) electrons. The van der Waals surface area contributed by atoms with Gasteiger partial charge in [0.05, 0.1) is 18.8 Å². The fourth-order valence-corrected chi connectivity index (χ4v) is 4.14. The van der Waals surface area contributed by atoms with Crippen molar-refractivity contribution < 1.29 is 17.9 Å². The Kier molecular flexibility index (Phi) is 6.55. The molecule has 1 fully saturated rings. The second-order valence-electron chi connectivity index (χ2n) is 6.59. The summed E-state index contributed by atoms with van der Waals surface area (Å²) in [5, 5.41) is 9.99. The number of carbonyl (C=O) groups is 1. The molecule has 1 aromatic rings. The van der Waals surface area contributed by atoms with Gasteiger partial charge >= 0.3 is 0 Å². The van der Waals surface area contributed by atoms with Crippen LogP contribution in [0, 0.1) is 5.41 Å². The number of nitrogens with one attached hydrogen (secondary N) is 3. The van der Waals surface area contributed by atoms with Crippen molar-refractivity contribution in [3.05, 3.63) is 12.4 Å². The van der Waals surface area contributed by atoms with E-state index in [9.17, 15) is 13.2 Å². The molecule has 1 atom stereocenters. The van der Waals surface area contributed by atoms with Crippen molar-refractivity contribution in [1.82, 2.24) is 25.1 Å². The Morgan fingerprint density at radius 1 is 1.48 bits per heavy atom. The van der Waals surface area contributed by atoms with Gasteiger partial charge in [-0.15, -0.1) is 0 Å². The van der Waals surface area contributed by atoms with Gasteiger partial charge in [-0.3, -0.25) is 9.48 Å². The molecule has 0 bridgehead atoms. The Morgan fingerprint density at radius 2 is 2.16 bits per heavy atom. The summed E-state index contributed by atoms with van der Waals surface area (Å²) in [6, 6.07) is -0.883. The molecule has 1 aliphatic heterocycles. The van der Waals surface area contributed by atoms with Crippen molar-refractivity contribution >= 4 is 15.9 Å². The van der Waals surface area contributed by atoms with E-state index in [0.29, 0.717) is 13.2 Å². The minimum Gasteiger partial charge on any atom is -0.384 e. The molecule has 2 heterocycles. The van der Waals surface area contributed by atoms with E-state index in [1.807, 2.05) is 0 Å². The minimum absolute atomic E-state index is 0.0314. The van der Waals surface area contributed by atoms with Crippen LogP contribution in [0.4, 0.5) is 0 Å². The topological polar surface area (TPSA) is 114 Å². The Balaban J connectivity index is 1.93. The van der Waals surface area contributed by atoms with Crippen LogP contribution in [0.1, 0.15) is 19.8 Å². The zero-order chi connectivity index (χ0) is 18.5. The van der Waals surface area contributed by atoms with Crippen LogP contribution < -0.4 is 15.4 Å². The number of sulfonamides is 1. The molecule has 142 valence electrons. The van der Waals surface area contributed by atoms with Gasteiger partial charge in [-0.2, -0.15) is 9.82 Å². The van der Waals surface area contributed by atoms with E-state index in [0.717, 1.165) is 25.9 Å². The molecule has 2 rings (SSSR count). The first-order chi connectivity index (χ1) is 11.8. The van der Waals surface area contributed by atoms with E-state index in [-0.39, 0.29) is 16.2 Å². The predicted octanol–water partition coefficient (Wildman–Crippen LogP) is -0.781. The number of ether oxygens (including phenoxy) is 1. The Bertz CT molecular complexity index is 676. The number of nitrogens with zero attached hydrogens (tertiary/aromatic N) is 2. The maximum absolute atomic E-state index is 12.3. The summed E-state index contributed by atoms with van der Waals surface area (Å²) in [6.45, 7) is 4.30. The molecule has 9 nitrogen and oxygen atoms in total. The molecule has 1 amide bonds. The largest absolute Gasteiger partial charge is 0.384 e. The normalized spacial score (nSPS) is 18.7. The number of methoxy groups -OCH3 is 1. The van der Waals surface area contributed by atoms with Gasteiger partial charge in [0, 0.05) is 32.3 Å². The van der Waals surface area contributed by atoms with Crippen molar-refractivity contribution in [3.8, 4) is 0 Å². The molecule has 0 spiro atoms. The highest BCUT2D eigenvalue weighted by molar-refractivity contribution is 7.89. The van der Waals surface area contributed by atoms with Crippen LogP contribution in [-0.4, -0.2) is 63.5 Å². The van der Waals surface area contributed by atoms with Crippen LogP contribution in [-0.2, 0) is 26.6 Å². The van der Waals surface area contributed by atoms with Gasteiger partial charge in [-0.25, -0.2) is 8.42 Å². The first-order valence-electron chi connectivity index (χ1n) is 8.26. The van der Waals surface area contributed by atoms with Crippen molar-refractivity contribution in [2.75, 3.05) is 33.4 Å². The third kappa shape index (κ3) is 5.24. The average Bonchev–Trinajstić information content (AvgIpc) is 3.01. The van der Waals surface area contributed by atoms with Crippen LogP contribution in [0.25, 0.3) is 0 Å². The van der Waals surface area contributed by atoms with Crippen molar-refractivity contribution in [2.24, 2.45) is 12.5 Å². The Hall–Kier alpha value is -1.49. The Morgan fingerprint density at radius 3 is 2.72 bits per heavy atom. The van der Waals surface area contributed by atoms with Crippen molar-refractivity contribution in [2.45, 2.75) is 30.7 Å². The molecule has 1 saturated heterocycles. The van der Waals surface area contributed by atoms with E-state index < -0.39 is 16.1 Å². The van der Waals surface area contributed by atoms with Gasteiger partial charge in [0.2, 0.25) is 15.9 Å². The third-order valence-electron chi connectivity index (χ3n) is 4.47. The van der Waals surface area contributed by atoms with E-state index in [4.69, 9.17) is 4.74 Å². The fraction of sp³-hybridized carbons (Fsp3) is 0.733. The highest BCUT2D eigenvalue weighted by Crippen LogP contribution is 2.28. The van der Waals surface area contributed by atoms with Crippen molar-refractivity contribution in [1.29, 1.82) is 0 Å². The number of hydrogen-bond acceptors (Lipinski definition) is 6. The van der Waals surface area contributed by atoms with Crippen molar-refractivity contribution in [3.63, 3.8) is 0 Å². The van der Waals surface area contributed by atoms with Crippen LogP contribution >= 0.6 is 0 Å². The van der Waals surface area contributed by atoms with Crippen LogP contribution in [0.5, 0.6) is 0 Å². The van der Waals surface area contributed by atoms with Gasteiger partial charge in [-0.1, -0.05) is 0 Å². The number of rotatable bonds is 8. The van der Waals surface area contributed by atoms with Gasteiger partial charge in [0.15, 0.2) is 0 Å². The van der Waals surface area contributed by atoms with E-state index in [1.54, 1.807) is 14.2 Å². The maximum Gasteiger partial charge on any atom is 0.244 e. The van der Waals surface area contributed by atoms with Crippen LogP contribution in [0.15, 0.2) is 17.3 Å². The molecule has 0 saturated carbocycles. The summed E-state index contributed by atoms with van der Waals surface area (Å²) in [4.78, 5) is 12.4. The van der Waals surface area contributed by atoms with Gasteiger partial charge in [0.1, 0.15) is 4.90 Å². The zero-order valence-electron chi connectivity index (χ0n) is 14.9. The molecule has 1 unspecified atom stereocenters. The minimum atomic E-state index is -3.78. The number of carbonyl (C=O) groups excluding carboxylic acids is 1. The lowest BCUT2D eigenvalue weighted by Crippen LogP contribution is -2.51. The number of piperidine rings is 1. The lowest BCUT2D eigenvalue weighted by molar-refractivity contribution is -0.123. The monoisotopic (exact) mass is 373 g/mol. The summed E-state index contributed by atoms with van der Waals surface area (Å²) < 4.78 is 33.6. The second kappa shape index (κ2) is 8.26. The molecular formula is C15H27N5O4S. The van der Waals surface area contributed by atoms with E-state index in [1.165, 1.54) is 24.0 Å². The molecular weight excluding hydrogens is 346 g/mol. The zero-order valence-corrected chi connectivity index (χ0v) is 15.7. The standard InChI is InChI=1S/C15H27N5O4S/c1-12(19-25(22,23)13-8-18-20(2)9-13)14(21)17-10-15(11-24-3)4-6-16-7-5-15/h8-9,12,16,19H,4-7,10-11H2,1-3H3,(H,17,21). The first kappa shape index (κ1) is 19.8. The van der Waals surface area contributed by atoms with Gasteiger partial charge in [0.25, 0.3) is 0 Å². The summed E-state index contributed by atoms with van der Waals surface area (Å²) in [5.41, 5.74) is -0.113. The molecule has 0 aliphatic carbocycles. The summed E-state index contributed by atoms with van der Waals surface area (Å²) in [5.74, 6) is -0.360. The number of amides is 1. The third-order valence-corrected chi connectivity index (χ3v) is 5.96. The Labute approximate surface area is 148 Å². The SMILES string of the molecule is COCC1(CNC(=O)C(C)NS(=O)(=O)c2cnn(C)c2)CCNCC1. The maximum atomic E-state index is 12.3. The quantitative estimate of drug-likeness (QED) is 0.551. The smallest absolute Gasteiger partial charge is 0.244 e. The molecule has 0 aromatic carbocycles. The molecule has 3 N–H and O–H groups in total. The van der Waals surface area contributed by atoms with Crippen LogP contribution in [0.3, 0.4) is 0 Å². The van der Waals surface area contributed by atoms with Gasteiger partial charge in [-0.05, 0) is 32.9 Å². The average molecular weight is 373 g/mol. The number of aryl methyl sites for hydroxylation is 1. The summed E-state index contributed by atoms with van der Waals surface area (Å²) >= 11 is 0. The summed E-state index contributed by atoms with van der Waals surface area (Å²) in [7, 11) is -0.504. The number of hydrogen-bond donors (Lipinski definition) is 3. The van der Waals surface area contributed by atoms with Crippen LogP contribution in [0.2, 0.25) is 0 Å². The predicted molar refractivity (Wildman–Crippen MR) is 92.4 cm³/mol. The van der Waals surface area contributed by atoms with E-state index >= 15 is 0 Å². The van der Waals surface area contributed by atoms with Gasteiger partial charge < -0.3 is 15.4 Å². The lowest BCUT2D eigenvalue weighted by atomic mass is 9.79. The lowest BCUT2D eigenvalue weighted by Gasteiger charge is -2.37.